The number of likely N-dealkylation sites (N-methyl/N-ethyl adjacent to an activating group) is 1. The Hall–Kier alpha value is -1.78. The number of hydrogen-bond acceptors (Lipinski definition) is 4. The number of aromatic nitrogens is 1. The van der Waals surface area contributed by atoms with E-state index in [1.54, 1.807) is 20.3 Å². The Balaban J connectivity index is 2.62. The SMILES string of the molecule is Cc1cc(N)cnc1NCC(=O)N(C)C. The average molecular weight is 208 g/mol. The number of anilines is 2. The molecular weight excluding hydrogens is 192 g/mol. The Labute approximate surface area is 89.3 Å². The minimum absolute atomic E-state index is 0.00743. The third-order valence-electron chi connectivity index (χ3n) is 2.01. The van der Waals surface area contributed by atoms with Gasteiger partial charge in [-0.25, -0.2) is 4.98 Å². The van der Waals surface area contributed by atoms with E-state index in [1.165, 1.54) is 4.90 Å². The maximum atomic E-state index is 11.3. The summed E-state index contributed by atoms with van der Waals surface area (Å²) < 4.78 is 0. The van der Waals surface area contributed by atoms with Crippen LogP contribution in [0.2, 0.25) is 0 Å². The number of carbonyl (C=O) groups excluding carboxylic acids is 1. The fourth-order valence-corrected chi connectivity index (χ4v) is 1.10. The molecule has 0 fully saturated rings. The van der Waals surface area contributed by atoms with Gasteiger partial charge >= 0.3 is 0 Å². The van der Waals surface area contributed by atoms with Gasteiger partial charge in [-0.1, -0.05) is 0 Å². The maximum Gasteiger partial charge on any atom is 0.241 e. The molecular formula is C10H16N4O. The molecule has 0 radical (unpaired) electrons. The van der Waals surface area contributed by atoms with Crippen molar-refractivity contribution in [3.05, 3.63) is 17.8 Å². The lowest BCUT2D eigenvalue weighted by Gasteiger charge is -2.12. The number of rotatable bonds is 3. The van der Waals surface area contributed by atoms with Crippen LogP contribution in [0.5, 0.6) is 0 Å². The molecule has 82 valence electrons. The summed E-state index contributed by atoms with van der Waals surface area (Å²) in [5.74, 6) is 0.701. The first-order chi connectivity index (χ1) is 7.00. The van der Waals surface area contributed by atoms with Gasteiger partial charge in [-0.05, 0) is 18.6 Å². The summed E-state index contributed by atoms with van der Waals surface area (Å²) >= 11 is 0. The van der Waals surface area contributed by atoms with Gasteiger partial charge < -0.3 is 16.0 Å². The fourth-order valence-electron chi connectivity index (χ4n) is 1.10. The molecule has 5 nitrogen and oxygen atoms in total. The van der Waals surface area contributed by atoms with Crippen LogP contribution in [0.3, 0.4) is 0 Å². The molecule has 3 N–H and O–H groups in total. The van der Waals surface area contributed by atoms with Crippen LogP contribution in [0, 0.1) is 6.92 Å². The second kappa shape index (κ2) is 4.63. The fraction of sp³-hybridized carbons (Fsp3) is 0.400. The van der Waals surface area contributed by atoms with Gasteiger partial charge in [0.1, 0.15) is 5.82 Å². The molecule has 1 heterocycles. The topological polar surface area (TPSA) is 71.2 Å². The van der Waals surface area contributed by atoms with E-state index in [0.29, 0.717) is 11.5 Å². The zero-order chi connectivity index (χ0) is 11.4. The van der Waals surface area contributed by atoms with Gasteiger partial charge in [0.05, 0.1) is 18.4 Å². The third-order valence-corrected chi connectivity index (χ3v) is 2.01. The molecule has 1 rings (SSSR count). The number of hydrogen-bond donors (Lipinski definition) is 2. The van der Waals surface area contributed by atoms with E-state index in [2.05, 4.69) is 10.3 Å². The standard InChI is InChI=1S/C10H16N4O/c1-7-4-8(11)5-12-10(7)13-6-9(15)14(2)3/h4-5H,6,11H2,1-3H3,(H,12,13). The number of nitrogens with one attached hydrogen (secondary N) is 1. The molecule has 0 unspecified atom stereocenters. The molecule has 1 aromatic rings. The third kappa shape index (κ3) is 3.12. The van der Waals surface area contributed by atoms with Crippen LogP contribution in [0.4, 0.5) is 11.5 Å². The van der Waals surface area contributed by atoms with E-state index in [0.717, 1.165) is 5.56 Å². The second-order valence-corrected chi connectivity index (χ2v) is 3.58. The molecule has 0 aliphatic carbocycles. The van der Waals surface area contributed by atoms with Gasteiger partial charge in [-0.2, -0.15) is 0 Å². The number of nitrogens with two attached hydrogens (primary N) is 1. The van der Waals surface area contributed by atoms with Gasteiger partial charge in [-0.3, -0.25) is 4.79 Å². The van der Waals surface area contributed by atoms with Crippen molar-refractivity contribution < 1.29 is 4.79 Å². The Kier molecular flexibility index (Phi) is 3.49. The highest BCUT2D eigenvalue weighted by molar-refractivity contribution is 5.80. The van der Waals surface area contributed by atoms with Crippen molar-refractivity contribution in [2.45, 2.75) is 6.92 Å². The minimum atomic E-state index is 0.00743. The van der Waals surface area contributed by atoms with Crippen LogP contribution >= 0.6 is 0 Å². The number of amides is 1. The van der Waals surface area contributed by atoms with Crippen molar-refractivity contribution in [1.82, 2.24) is 9.88 Å². The van der Waals surface area contributed by atoms with E-state index < -0.39 is 0 Å². The molecule has 0 aliphatic heterocycles. The van der Waals surface area contributed by atoms with Gasteiger partial charge in [-0.15, -0.1) is 0 Å². The summed E-state index contributed by atoms with van der Waals surface area (Å²) in [6.45, 7) is 2.14. The summed E-state index contributed by atoms with van der Waals surface area (Å²) in [6, 6.07) is 1.81. The average Bonchev–Trinajstić information content (AvgIpc) is 2.15. The first-order valence-corrected chi connectivity index (χ1v) is 4.67. The molecule has 0 saturated carbocycles. The van der Waals surface area contributed by atoms with Crippen molar-refractivity contribution >= 4 is 17.4 Å². The van der Waals surface area contributed by atoms with E-state index >= 15 is 0 Å². The normalized spacial score (nSPS) is 9.80. The largest absolute Gasteiger partial charge is 0.397 e. The molecule has 0 bridgehead atoms. The van der Waals surface area contributed by atoms with Crippen molar-refractivity contribution in [1.29, 1.82) is 0 Å². The van der Waals surface area contributed by atoms with E-state index in [-0.39, 0.29) is 12.5 Å². The molecule has 0 atom stereocenters. The Bertz CT molecular complexity index is 362. The lowest BCUT2D eigenvalue weighted by molar-refractivity contribution is -0.126. The highest BCUT2D eigenvalue weighted by Crippen LogP contribution is 2.13. The van der Waals surface area contributed by atoms with E-state index in [1.807, 2.05) is 13.0 Å². The van der Waals surface area contributed by atoms with Crippen LogP contribution in [-0.4, -0.2) is 36.4 Å². The van der Waals surface area contributed by atoms with Crippen LogP contribution < -0.4 is 11.1 Å². The molecule has 1 aromatic heterocycles. The van der Waals surface area contributed by atoms with E-state index in [4.69, 9.17) is 5.73 Å². The molecule has 15 heavy (non-hydrogen) atoms. The Morgan fingerprint density at radius 1 is 1.60 bits per heavy atom. The summed E-state index contributed by atoms with van der Waals surface area (Å²) in [7, 11) is 3.43. The quantitative estimate of drug-likeness (QED) is 0.757. The monoisotopic (exact) mass is 208 g/mol. The first kappa shape index (κ1) is 11.3. The smallest absolute Gasteiger partial charge is 0.241 e. The summed E-state index contributed by atoms with van der Waals surface area (Å²) in [4.78, 5) is 16.9. The van der Waals surface area contributed by atoms with Crippen molar-refractivity contribution in [2.24, 2.45) is 0 Å². The Morgan fingerprint density at radius 2 is 2.27 bits per heavy atom. The van der Waals surface area contributed by atoms with Gasteiger partial charge in [0.25, 0.3) is 0 Å². The van der Waals surface area contributed by atoms with Gasteiger partial charge in [0.15, 0.2) is 0 Å². The molecule has 0 spiro atoms. The zero-order valence-corrected chi connectivity index (χ0v) is 9.24. The van der Waals surface area contributed by atoms with Crippen LogP contribution in [0.25, 0.3) is 0 Å². The summed E-state index contributed by atoms with van der Waals surface area (Å²) in [6.07, 6.45) is 1.56. The number of nitrogen functional groups attached to an aromatic ring is 1. The second-order valence-electron chi connectivity index (χ2n) is 3.58. The van der Waals surface area contributed by atoms with Crippen LogP contribution in [0.15, 0.2) is 12.3 Å². The Morgan fingerprint density at radius 3 is 2.80 bits per heavy atom. The summed E-state index contributed by atoms with van der Waals surface area (Å²) in [5, 5.41) is 2.96. The summed E-state index contributed by atoms with van der Waals surface area (Å²) in [5.41, 5.74) is 7.12. The van der Waals surface area contributed by atoms with Gasteiger partial charge in [0.2, 0.25) is 5.91 Å². The minimum Gasteiger partial charge on any atom is -0.397 e. The van der Waals surface area contributed by atoms with Crippen molar-refractivity contribution in [3.63, 3.8) is 0 Å². The first-order valence-electron chi connectivity index (χ1n) is 4.67. The molecule has 1 amide bonds. The van der Waals surface area contributed by atoms with Gasteiger partial charge in [0, 0.05) is 14.1 Å². The highest BCUT2D eigenvalue weighted by atomic mass is 16.2. The lowest BCUT2D eigenvalue weighted by Crippen LogP contribution is -2.29. The molecule has 0 aliphatic rings. The highest BCUT2D eigenvalue weighted by Gasteiger charge is 2.05. The predicted octanol–water partition coefficient (Wildman–Crippen LogP) is 0.472. The maximum absolute atomic E-state index is 11.3. The van der Waals surface area contributed by atoms with E-state index in [9.17, 15) is 4.79 Å². The molecule has 5 heteroatoms. The van der Waals surface area contributed by atoms with Crippen LogP contribution in [0.1, 0.15) is 5.56 Å². The molecule has 0 saturated heterocycles. The number of pyridine rings is 1. The zero-order valence-electron chi connectivity index (χ0n) is 9.24. The molecule has 0 aromatic carbocycles. The lowest BCUT2D eigenvalue weighted by atomic mass is 10.2. The van der Waals surface area contributed by atoms with Crippen LogP contribution in [-0.2, 0) is 4.79 Å². The van der Waals surface area contributed by atoms with Crippen molar-refractivity contribution in [2.75, 3.05) is 31.7 Å². The number of aryl methyl sites for hydroxylation is 1. The number of carbonyl (C=O) groups is 1. The number of nitrogens with zero attached hydrogens (tertiary/aromatic N) is 2. The predicted molar refractivity (Wildman–Crippen MR) is 60.6 cm³/mol. The van der Waals surface area contributed by atoms with Crippen molar-refractivity contribution in [3.8, 4) is 0 Å².